The van der Waals surface area contributed by atoms with Gasteiger partial charge in [0, 0.05) is 5.75 Å². The molecule has 3 heteroatoms. The highest BCUT2D eigenvalue weighted by molar-refractivity contribution is 8.03. The maximum Gasteiger partial charge on any atom is 0.133 e. The molecule has 0 saturated carbocycles. The first kappa shape index (κ1) is 13.9. The number of aryl methyl sites for hydroxylation is 2. The van der Waals surface area contributed by atoms with Crippen LogP contribution in [0.4, 0.5) is 0 Å². The molecule has 0 aliphatic rings. The van der Waals surface area contributed by atoms with Crippen LogP contribution in [0.3, 0.4) is 0 Å². The minimum atomic E-state index is 0.764. The van der Waals surface area contributed by atoms with Gasteiger partial charge in [0.15, 0.2) is 0 Å². The van der Waals surface area contributed by atoms with Crippen LogP contribution in [-0.4, -0.2) is 12.4 Å². The molecule has 0 heterocycles. The number of rotatable bonds is 7. The van der Waals surface area contributed by atoms with E-state index in [1.807, 2.05) is 6.07 Å². The number of thioether (sulfide) groups is 1. The second-order valence-electron chi connectivity index (χ2n) is 4.09. The number of benzene rings is 1. The normalized spacial score (nSPS) is 9.94. The molecule has 0 fully saturated rings. The van der Waals surface area contributed by atoms with Crippen LogP contribution in [0.5, 0.6) is 5.75 Å². The van der Waals surface area contributed by atoms with Crippen molar-refractivity contribution in [1.29, 1.82) is 5.26 Å². The van der Waals surface area contributed by atoms with Crippen molar-refractivity contribution < 1.29 is 4.74 Å². The predicted octanol–water partition coefficient (Wildman–Crippen LogP) is 4.07. The Morgan fingerprint density at radius 2 is 2.00 bits per heavy atom. The lowest BCUT2D eigenvalue weighted by Crippen LogP contribution is -1.98. The lowest BCUT2D eigenvalue weighted by Gasteiger charge is -2.07. The molecule has 0 aromatic heterocycles. The van der Waals surface area contributed by atoms with Crippen molar-refractivity contribution in [1.82, 2.24) is 0 Å². The first-order valence-electron chi connectivity index (χ1n) is 5.95. The third-order valence-corrected chi connectivity index (χ3v) is 3.32. The molecule has 0 spiro atoms. The van der Waals surface area contributed by atoms with Crippen molar-refractivity contribution in [2.24, 2.45) is 0 Å². The predicted molar refractivity (Wildman–Crippen MR) is 73.3 cm³/mol. The van der Waals surface area contributed by atoms with E-state index in [1.165, 1.54) is 22.9 Å². The van der Waals surface area contributed by atoms with Gasteiger partial charge in [-0.2, -0.15) is 5.26 Å². The second-order valence-corrected chi connectivity index (χ2v) is 4.97. The van der Waals surface area contributed by atoms with Gasteiger partial charge in [0.05, 0.1) is 6.61 Å². The molecule has 0 aliphatic carbocycles. The summed E-state index contributed by atoms with van der Waals surface area (Å²) in [5.74, 6) is 1.89. The van der Waals surface area contributed by atoms with Crippen molar-refractivity contribution in [3.63, 3.8) is 0 Å². The van der Waals surface area contributed by atoms with Crippen LogP contribution < -0.4 is 4.74 Å². The molecule has 0 atom stereocenters. The number of nitrogens with zero attached hydrogens (tertiary/aromatic N) is 1. The second kappa shape index (κ2) is 8.03. The molecule has 2 nitrogen and oxygen atoms in total. The average Bonchev–Trinajstić information content (AvgIpc) is 2.32. The standard InChI is InChI=1S/C14H19NOS/c1-12-6-7-14(10-13(12)2)16-8-4-3-5-9-17-11-15/h6-7,10H,3-5,8-9H2,1-2H3. The smallest absolute Gasteiger partial charge is 0.133 e. The first-order valence-corrected chi connectivity index (χ1v) is 6.93. The molecule has 1 aromatic rings. The Balaban J connectivity index is 2.14. The third-order valence-electron chi connectivity index (χ3n) is 2.70. The van der Waals surface area contributed by atoms with Crippen molar-refractivity contribution in [3.05, 3.63) is 29.3 Å². The largest absolute Gasteiger partial charge is 0.494 e. The summed E-state index contributed by atoms with van der Waals surface area (Å²) < 4.78 is 5.68. The summed E-state index contributed by atoms with van der Waals surface area (Å²) in [6.07, 6.45) is 3.27. The van der Waals surface area contributed by atoms with Gasteiger partial charge in [-0.1, -0.05) is 6.07 Å². The highest BCUT2D eigenvalue weighted by Gasteiger charge is 1.97. The number of hydrogen-bond donors (Lipinski definition) is 0. The van der Waals surface area contributed by atoms with Gasteiger partial charge in [-0.3, -0.25) is 0 Å². The number of nitriles is 1. The Hall–Kier alpha value is -1.14. The van der Waals surface area contributed by atoms with Crippen LogP contribution in [0.1, 0.15) is 30.4 Å². The van der Waals surface area contributed by atoms with E-state index in [0.29, 0.717) is 0 Å². The maximum atomic E-state index is 8.35. The summed E-state index contributed by atoms with van der Waals surface area (Å²) >= 11 is 1.33. The van der Waals surface area contributed by atoms with Crippen molar-refractivity contribution in [2.75, 3.05) is 12.4 Å². The van der Waals surface area contributed by atoms with Crippen LogP contribution in [0.2, 0.25) is 0 Å². The minimum absolute atomic E-state index is 0.764. The van der Waals surface area contributed by atoms with Crippen molar-refractivity contribution in [2.45, 2.75) is 33.1 Å². The van der Waals surface area contributed by atoms with Crippen LogP contribution in [0.15, 0.2) is 18.2 Å². The van der Waals surface area contributed by atoms with Crippen LogP contribution in [0, 0.1) is 24.5 Å². The Kier molecular flexibility index (Phi) is 6.57. The zero-order chi connectivity index (χ0) is 12.5. The van der Waals surface area contributed by atoms with E-state index in [-0.39, 0.29) is 0 Å². The molecule has 0 radical (unpaired) electrons. The van der Waals surface area contributed by atoms with Gasteiger partial charge in [-0.05, 0) is 68.1 Å². The first-order chi connectivity index (χ1) is 8.24. The van der Waals surface area contributed by atoms with Gasteiger partial charge in [0.25, 0.3) is 0 Å². The molecule has 1 aromatic carbocycles. The molecule has 0 bridgehead atoms. The number of ether oxygens (including phenoxy) is 1. The molecular formula is C14H19NOS. The van der Waals surface area contributed by atoms with Crippen molar-refractivity contribution >= 4 is 11.8 Å². The van der Waals surface area contributed by atoms with E-state index < -0.39 is 0 Å². The van der Waals surface area contributed by atoms with Gasteiger partial charge < -0.3 is 4.74 Å². The maximum absolute atomic E-state index is 8.35. The quantitative estimate of drug-likeness (QED) is 0.539. The fourth-order valence-electron chi connectivity index (χ4n) is 1.49. The summed E-state index contributed by atoms with van der Waals surface area (Å²) in [6.45, 7) is 4.97. The monoisotopic (exact) mass is 249 g/mol. The van der Waals surface area contributed by atoms with E-state index >= 15 is 0 Å². The lowest BCUT2D eigenvalue weighted by atomic mass is 10.1. The average molecular weight is 249 g/mol. The molecule has 0 N–H and O–H groups in total. The van der Waals surface area contributed by atoms with Gasteiger partial charge in [0.2, 0.25) is 0 Å². The number of thiocyanates is 1. The SMILES string of the molecule is Cc1ccc(OCCCCCSC#N)cc1C. The topological polar surface area (TPSA) is 33.0 Å². The van der Waals surface area contributed by atoms with Gasteiger partial charge >= 0.3 is 0 Å². The highest BCUT2D eigenvalue weighted by atomic mass is 32.2. The lowest BCUT2D eigenvalue weighted by molar-refractivity contribution is 0.306. The molecular weight excluding hydrogens is 230 g/mol. The summed E-state index contributed by atoms with van der Waals surface area (Å²) in [5.41, 5.74) is 2.57. The van der Waals surface area contributed by atoms with E-state index in [0.717, 1.165) is 37.4 Å². The fraction of sp³-hybridized carbons (Fsp3) is 0.500. The zero-order valence-electron chi connectivity index (χ0n) is 10.5. The Morgan fingerprint density at radius 1 is 1.18 bits per heavy atom. The van der Waals surface area contributed by atoms with E-state index in [2.05, 4.69) is 31.4 Å². The van der Waals surface area contributed by atoms with E-state index in [4.69, 9.17) is 10.00 Å². The molecule has 92 valence electrons. The van der Waals surface area contributed by atoms with Crippen LogP contribution >= 0.6 is 11.8 Å². The fourth-order valence-corrected chi connectivity index (χ4v) is 1.93. The molecule has 0 amide bonds. The van der Waals surface area contributed by atoms with Gasteiger partial charge in [-0.25, -0.2) is 0 Å². The number of hydrogen-bond acceptors (Lipinski definition) is 3. The molecule has 0 unspecified atom stereocenters. The van der Waals surface area contributed by atoms with E-state index in [1.54, 1.807) is 0 Å². The Labute approximate surface area is 108 Å². The Bertz CT molecular complexity index is 384. The summed E-state index contributed by atoms with van der Waals surface area (Å²) in [6, 6.07) is 6.20. The Morgan fingerprint density at radius 3 is 2.71 bits per heavy atom. The third kappa shape index (κ3) is 5.65. The van der Waals surface area contributed by atoms with E-state index in [9.17, 15) is 0 Å². The van der Waals surface area contributed by atoms with Crippen molar-refractivity contribution in [3.8, 4) is 11.2 Å². The molecule has 17 heavy (non-hydrogen) atoms. The highest BCUT2D eigenvalue weighted by Crippen LogP contribution is 2.16. The summed E-state index contributed by atoms with van der Waals surface area (Å²) in [4.78, 5) is 0. The summed E-state index contributed by atoms with van der Waals surface area (Å²) in [5, 5.41) is 10.4. The zero-order valence-corrected chi connectivity index (χ0v) is 11.3. The van der Waals surface area contributed by atoms with Gasteiger partial charge in [0.1, 0.15) is 11.2 Å². The molecule has 0 aliphatic heterocycles. The van der Waals surface area contributed by atoms with Gasteiger partial charge in [-0.15, -0.1) is 0 Å². The number of unbranched alkanes of at least 4 members (excludes halogenated alkanes) is 2. The van der Waals surface area contributed by atoms with Crippen LogP contribution in [0.25, 0.3) is 0 Å². The minimum Gasteiger partial charge on any atom is -0.494 e. The summed E-state index contributed by atoms with van der Waals surface area (Å²) in [7, 11) is 0. The molecule has 1 rings (SSSR count). The molecule has 0 saturated heterocycles. The van der Waals surface area contributed by atoms with Crippen LogP contribution in [-0.2, 0) is 0 Å².